The van der Waals surface area contributed by atoms with Gasteiger partial charge in [-0.25, -0.2) is 0 Å². The van der Waals surface area contributed by atoms with Crippen LogP contribution >= 0.6 is 0 Å². The van der Waals surface area contributed by atoms with Gasteiger partial charge in [-0.05, 0) is 37.5 Å². The zero-order valence-corrected chi connectivity index (χ0v) is 12.1. The second-order valence-corrected chi connectivity index (χ2v) is 6.24. The predicted molar refractivity (Wildman–Crippen MR) is 75.7 cm³/mol. The van der Waals surface area contributed by atoms with Crippen molar-refractivity contribution in [2.45, 2.75) is 51.0 Å². The second kappa shape index (κ2) is 7.25. The Labute approximate surface area is 116 Å². The van der Waals surface area contributed by atoms with Gasteiger partial charge in [0.25, 0.3) is 0 Å². The Bertz CT molecular complexity index is 290. The largest absolute Gasteiger partial charge is 0.381 e. The Morgan fingerprint density at radius 3 is 2.58 bits per heavy atom. The van der Waals surface area contributed by atoms with E-state index in [1.165, 1.54) is 12.8 Å². The van der Waals surface area contributed by atoms with Crippen molar-refractivity contribution in [3.8, 4) is 0 Å². The van der Waals surface area contributed by atoms with Gasteiger partial charge >= 0.3 is 0 Å². The molecule has 0 spiro atoms. The number of amides is 1. The number of hydrogen-bond acceptors (Lipinski definition) is 3. The number of rotatable bonds is 4. The molecule has 2 atom stereocenters. The highest BCUT2D eigenvalue weighted by Crippen LogP contribution is 2.26. The van der Waals surface area contributed by atoms with Crippen LogP contribution in [-0.4, -0.2) is 43.7 Å². The summed E-state index contributed by atoms with van der Waals surface area (Å²) in [6.45, 7) is 2.57. The molecule has 1 saturated carbocycles. The predicted octanol–water partition coefficient (Wildman–Crippen LogP) is 1.78. The lowest BCUT2D eigenvalue weighted by atomic mass is 9.82. The summed E-state index contributed by atoms with van der Waals surface area (Å²) in [6.07, 6.45) is 7.47. The van der Waals surface area contributed by atoms with Gasteiger partial charge in [0.15, 0.2) is 0 Å². The van der Waals surface area contributed by atoms with Crippen molar-refractivity contribution in [1.82, 2.24) is 4.90 Å². The molecule has 1 aliphatic carbocycles. The molecule has 2 N–H and O–H groups in total. The number of carbonyl (C=O) groups is 1. The molecule has 0 aromatic carbocycles. The van der Waals surface area contributed by atoms with E-state index < -0.39 is 0 Å². The fourth-order valence-corrected chi connectivity index (χ4v) is 3.29. The molecule has 4 nitrogen and oxygen atoms in total. The van der Waals surface area contributed by atoms with Crippen LogP contribution in [0.15, 0.2) is 0 Å². The minimum atomic E-state index is 0.231. The normalized spacial score (nSPS) is 29.2. The highest BCUT2D eigenvalue weighted by molar-refractivity contribution is 5.76. The van der Waals surface area contributed by atoms with E-state index in [1.54, 1.807) is 0 Å². The number of carbonyl (C=O) groups excluding carboxylic acids is 1. The zero-order chi connectivity index (χ0) is 13.7. The first-order chi connectivity index (χ1) is 9.16. The molecular weight excluding hydrogens is 240 g/mol. The fraction of sp³-hybridized carbons (Fsp3) is 0.933. The standard InChI is InChI=1S/C15H28N2O2/c1-17(11-12-6-8-19-9-7-12)15(18)10-13-4-2-3-5-14(13)16/h12-14H,2-11,16H2,1H3. The summed E-state index contributed by atoms with van der Waals surface area (Å²) >= 11 is 0. The summed E-state index contributed by atoms with van der Waals surface area (Å²) in [5, 5.41) is 0. The quantitative estimate of drug-likeness (QED) is 0.845. The minimum Gasteiger partial charge on any atom is -0.381 e. The summed E-state index contributed by atoms with van der Waals surface area (Å²) in [5.74, 6) is 1.29. The van der Waals surface area contributed by atoms with Crippen LogP contribution in [0.2, 0.25) is 0 Å². The van der Waals surface area contributed by atoms with Crippen LogP contribution in [0.1, 0.15) is 44.9 Å². The molecule has 19 heavy (non-hydrogen) atoms. The second-order valence-electron chi connectivity index (χ2n) is 6.24. The summed E-state index contributed by atoms with van der Waals surface area (Å²) in [5.41, 5.74) is 6.12. The fourth-order valence-electron chi connectivity index (χ4n) is 3.29. The van der Waals surface area contributed by atoms with Gasteiger partial charge < -0.3 is 15.4 Å². The van der Waals surface area contributed by atoms with Gasteiger partial charge in [0.05, 0.1) is 0 Å². The maximum Gasteiger partial charge on any atom is 0.222 e. The van der Waals surface area contributed by atoms with Crippen LogP contribution in [0.4, 0.5) is 0 Å². The highest BCUT2D eigenvalue weighted by Gasteiger charge is 2.26. The summed E-state index contributed by atoms with van der Waals surface area (Å²) < 4.78 is 5.36. The van der Waals surface area contributed by atoms with Gasteiger partial charge in [-0.3, -0.25) is 4.79 Å². The van der Waals surface area contributed by atoms with Crippen LogP contribution < -0.4 is 5.73 Å². The van der Waals surface area contributed by atoms with Crippen molar-refractivity contribution in [2.75, 3.05) is 26.8 Å². The Kier molecular flexibility index (Phi) is 5.64. The molecule has 2 rings (SSSR count). The molecule has 0 aromatic rings. The first-order valence-corrected chi connectivity index (χ1v) is 7.74. The molecule has 110 valence electrons. The van der Waals surface area contributed by atoms with Crippen molar-refractivity contribution in [1.29, 1.82) is 0 Å². The third kappa shape index (κ3) is 4.46. The minimum absolute atomic E-state index is 0.231. The van der Waals surface area contributed by atoms with E-state index in [1.807, 2.05) is 11.9 Å². The molecule has 2 aliphatic rings. The zero-order valence-electron chi connectivity index (χ0n) is 12.1. The van der Waals surface area contributed by atoms with Gasteiger partial charge in [0, 0.05) is 39.3 Å². The number of nitrogens with zero attached hydrogens (tertiary/aromatic N) is 1. The summed E-state index contributed by atoms with van der Waals surface area (Å²) in [7, 11) is 1.94. The van der Waals surface area contributed by atoms with Crippen LogP contribution in [0.25, 0.3) is 0 Å². The molecule has 2 unspecified atom stereocenters. The van der Waals surface area contributed by atoms with Gasteiger partial charge in [-0.1, -0.05) is 12.8 Å². The van der Waals surface area contributed by atoms with E-state index in [0.717, 1.165) is 45.4 Å². The van der Waals surface area contributed by atoms with Gasteiger partial charge in [-0.15, -0.1) is 0 Å². The van der Waals surface area contributed by atoms with E-state index in [0.29, 0.717) is 18.3 Å². The monoisotopic (exact) mass is 268 g/mol. The Morgan fingerprint density at radius 1 is 1.21 bits per heavy atom. The van der Waals surface area contributed by atoms with Crippen molar-refractivity contribution in [2.24, 2.45) is 17.6 Å². The van der Waals surface area contributed by atoms with E-state index in [4.69, 9.17) is 10.5 Å². The van der Waals surface area contributed by atoms with Crippen LogP contribution in [0.3, 0.4) is 0 Å². The van der Waals surface area contributed by atoms with Crippen molar-refractivity contribution in [3.05, 3.63) is 0 Å². The highest BCUT2D eigenvalue weighted by atomic mass is 16.5. The molecule has 1 aliphatic heterocycles. The Morgan fingerprint density at radius 2 is 1.89 bits per heavy atom. The topological polar surface area (TPSA) is 55.6 Å². The maximum absolute atomic E-state index is 12.3. The summed E-state index contributed by atoms with van der Waals surface area (Å²) in [6, 6.07) is 0.231. The van der Waals surface area contributed by atoms with Gasteiger partial charge in [0.2, 0.25) is 5.91 Å². The van der Waals surface area contributed by atoms with Crippen LogP contribution in [0.5, 0.6) is 0 Å². The van der Waals surface area contributed by atoms with Crippen molar-refractivity contribution >= 4 is 5.91 Å². The van der Waals surface area contributed by atoms with E-state index >= 15 is 0 Å². The Hall–Kier alpha value is -0.610. The first-order valence-electron chi connectivity index (χ1n) is 7.74. The van der Waals surface area contributed by atoms with E-state index in [2.05, 4.69) is 0 Å². The lowest BCUT2D eigenvalue weighted by Gasteiger charge is -2.31. The van der Waals surface area contributed by atoms with E-state index in [-0.39, 0.29) is 11.9 Å². The Balaban J connectivity index is 1.74. The third-order valence-corrected chi connectivity index (χ3v) is 4.70. The molecule has 4 heteroatoms. The lowest BCUT2D eigenvalue weighted by Crippen LogP contribution is -2.39. The molecule has 0 bridgehead atoms. The molecule has 0 radical (unpaired) electrons. The molecular formula is C15H28N2O2. The number of nitrogens with two attached hydrogens (primary N) is 1. The molecule has 0 aromatic heterocycles. The smallest absolute Gasteiger partial charge is 0.222 e. The molecule has 1 heterocycles. The SMILES string of the molecule is CN(CC1CCOCC1)C(=O)CC1CCCCC1N. The molecule has 2 fully saturated rings. The van der Waals surface area contributed by atoms with Gasteiger partial charge in [-0.2, -0.15) is 0 Å². The average Bonchev–Trinajstić information content (AvgIpc) is 2.42. The number of ether oxygens (including phenoxy) is 1. The number of hydrogen-bond donors (Lipinski definition) is 1. The van der Waals surface area contributed by atoms with Crippen LogP contribution in [-0.2, 0) is 9.53 Å². The first kappa shape index (κ1) is 14.8. The third-order valence-electron chi connectivity index (χ3n) is 4.70. The van der Waals surface area contributed by atoms with Gasteiger partial charge in [0.1, 0.15) is 0 Å². The molecule has 1 saturated heterocycles. The average molecular weight is 268 g/mol. The maximum atomic E-state index is 12.3. The van der Waals surface area contributed by atoms with Crippen molar-refractivity contribution in [3.63, 3.8) is 0 Å². The van der Waals surface area contributed by atoms with E-state index in [9.17, 15) is 4.79 Å². The van der Waals surface area contributed by atoms with Crippen molar-refractivity contribution < 1.29 is 9.53 Å². The lowest BCUT2D eigenvalue weighted by molar-refractivity contribution is -0.132. The van der Waals surface area contributed by atoms with Crippen LogP contribution in [0, 0.1) is 11.8 Å². The molecule has 1 amide bonds. The summed E-state index contributed by atoms with van der Waals surface area (Å²) in [4.78, 5) is 14.2.